The molecule has 0 atom stereocenters. The van der Waals surface area contributed by atoms with E-state index in [0.717, 1.165) is 10.6 Å². The first-order chi connectivity index (χ1) is 19.3. The van der Waals surface area contributed by atoms with Gasteiger partial charge in [-0.3, -0.25) is 4.57 Å². The molecule has 0 fully saturated rings. The molecule has 4 heteroatoms. The lowest BCUT2D eigenvalue weighted by molar-refractivity contribution is 1.15. The Morgan fingerprint density at radius 3 is 2.00 bits per heavy atom. The lowest BCUT2D eigenvalue weighted by Gasteiger charge is -2.07. The number of rotatable bonds is 2. The summed E-state index contributed by atoms with van der Waals surface area (Å²) in [6.45, 7) is 0. The van der Waals surface area contributed by atoms with Crippen LogP contribution in [-0.4, -0.2) is 9.55 Å². The molecule has 0 saturated heterocycles. The Morgan fingerprint density at radius 1 is 0.538 bits per heavy atom. The molecule has 182 valence electrons. The first-order valence-corrected chi connectivity index (χ1v) is 14.7. The van der Waals surface area contributed by atoms with Gasteiger partial charge in [-0.25, -0.2) is 4.98 Å². The average Bonchev–Trinajstić information content (AvgIpc) is 3.67. The van der Waals surface area contributed by atoms with Crippen molar-refractivity contribution in [2.24, 2.45) is 0 Å². The van der Waals surface area contributed by atoms with E-state index in [1.54, 1.807) is 11.3 Å². The summed E-state index contributed by atoms with van der Waals surface area (Å²) in [5, 5.41) is 8.60. The van der Waals surface area contributed by atoms with E-state index in [2.05, 4.69) is 126 Å². The number of para-hydroxylation sites is 2. The fourth-order valence-electron chi connectivity index (χ4n) is 6.06. The van der Waals surface area contributed by atoms with Crippen molar-refractivity contribution in [2.75, 3.05) is 0 Å². The summed E-state index contributed by atoms with van der Waals surface area (Å²) in [7, 11) is 0. The number of hydrogen-bond donors (Lipinski definition) is 0. The summed E-state index contributed by atoms with van der Waals surface area (Å²) in [4.78, 5) is 5.38. The minimum Gasteiger partial charge on any atom is -0.285 e. The summed E-state index contributed by atoms with van der Waals surface area (Å²) in [5.74, 6) is 0. The van der Waals surface area contributed by atoms with Crippen molar-refractivity contribution in [3.63, 3.8) is 0 Å². The van der Waals surface area contributed by atoms with Gasteiger partial charge in [-0.15, -0.1) is 11.3 Å². The lowest BCUT2D eigenvalue weighted by atomic mass is 9.99. The maximum absolute atomic E-state index is 5.38. The van der Waals surface area contributed by atoms with E-state index in [1.807, 2.05) is 11.3 Å². The van der Waals surface area contributed by atoms with Gasteiger partial charge in [-0.2, -0.15) is 0 Å². The van der Waals surface area contributed by atoms with Gasteiger partial charge >= 0.3 is 0 Å². The van der Waals surface area contributed by atoms with Crippen LogP contribution in [0.3, 0.4) is 0 Å². The molecule has 0 saturated carbocycles. The number of hydrogen-bond acceptors (Lipinski definition) is 3. The van der Waals surface area contributed by atoms with Gasteiger partial charge in [0, 0.05) is 36.5 Å². The molecule has 0 aliphatic carbocycles. The second-order valence-electron chi connectivity index (χ2n) is 10.0. The summed E-state index contributed by atoms with van der Waals surface area (Å²) >= 11 is 3.65. The summed E-state index contributed by atoms with van der Waals surface area (Å²) in [6, 6.07) is 43.9. The zero-order valence-electron chi connectivity index (χ0n) is 20.8. The predicted molar refractivity (Wildman–Crippen MR) is 170 cm³/mol. The first-order valence-electron chi connectivity index (χ1n) is 13.1. The largest absolute Gasteiger partial charge is 0.285 e. The van der Waals surface area contributed by atoms with Crippen LogP contribution in [-0.2, 0) is 0 Å². The zero-order chi connectivity index (χ0) is 25.5. The molecule has 0 aliphatic heterocycles. The quantitative estimate of drug-likeness (QED) is 0.216. The van der Waals surface area contributed by atoms with Crippen molar-refractivity contribution in [1.82, 2.24) is 9.55 Å². The monoisotopic (exact) mass is 532 g/mol. The van der Waals surface area contributed by atoms with Gasteiger partial charge in [0.2, 0.25) is 0 Å². The van der Waals surface area contributed by atoms with Gasteiger partial charge in [0.25, 0.3) is 0 Å². The van der Waals surface area contributed by atoms with Gasteiger partial charge in [0.1, 0.15) is 0 Å². The molecule has 0 amide bonds. The molecular formula is C35H20N2S2. The highest BCUT2D eigenvalue weighted by Gasteiger charge is 2.20. The zero-order valence-corrected chi connectivity index (χ0v) is 22.4. The van der Waals surface area contributed by atoms with E-state index in [4.69, 9.17) is 4.98 Å². The van der Waals surface area contributed by atoms with E-state index < -0.39 is 0 Å². The van der Waals surface area contributed by atoms with Crippen molar-refractivity contribution >= 4 is 85.6 Å². The van der Waals surface area contributed by atoms with Gasteiger partial charge in [0.05, 0.1) is 21.3 Å². The van der Waals surface area contributed by atoms with Crippen LogP contribution in [0.25, 0.3) is 79.2 Å². The van der Waals surface area contributed by atoms with Crippen molar-refractivity contribution in [3.05, 3.63) is 121 Å². The van der Waals surface area contributed by atoms with Crippen LogP contribution in [0.2, 0.25) is 0 Å². The fourth-order valence-corrected chi connectivity index (χ4v) is 8.34. The molecule has 9 aromatic rings. The Morgan fingerprint density at radius 2 is 1.21 bits per heavy atom. The molecule has 3 aromatic heterocycles. The number of benzene rings is 6. The molecule has 0 N–H and O–H groups in total. The number of fused-ring (bicyclic) bond motifs is 9. The van der Waals surface area contributed by atoms with Crippen LogP contribution in [0, 0.1) is 0 Å². The van der Waals surface area contributed by atoms with Gasteiger partial charge in [-0.05, 0) is 46.7 Å². The molecule has 6 aromatic carbocycles. The second kappa shape index (κ2) is 8.00. The van der Waals surface area contributed by atoms with Crippen LogP contribution in [0.5, 0.6) is 0 Å². The molecular weight excluding hydrogens is 513 g/mol. The maximum Gasteiger partial charge on any atom is 0.195 e. The van der Waals surface area contributed by atoms with Crippen molar-refractivity contribution in [3.8, 4) is 16.3 Å². The SMILES string of the molecule is c1ccc2cc(-c3cc4sc(-n5c6ccccc6c6ccccc65)nc4c4c3sc3ccccc34)ccc2c1. The van der Waals surface area contributed by atoms with Gasteiger partial charge < -0.3 is 0 Å². The molecule has 0 radical (unpaired) electrons. The summed E-state index contributed by atoms with van der Waals surface area (Å²) < 4.78 is 6.16. The fraction of sp³-hybridized carbons (Fsp3) is 0. The van der Waals surface area contributed by atoms with Crippen LogP contribution >= 0.6 is 22.7 Å². The third-order valence-electron chi connectivity index (χ3n) is 7.83. The number of nitrogens with zero attached hydrogens (tertiary/aromatic N) is 2. The molecule has 39 heavy (non-hydrogen) atoms. The Kier molecular flexibility index (Phi) is 4.39. The summed E-state index contributed by atoms with van der Waals surface area (Å²) in [6.07, 6.45) is 0. The highest BCUT2D eigenvalue weighted by molar-refractivity contribution is 7.27. The number of aromatic nitrogens is 2. The van der Waals surface area contributed by atoms with E-state index in [9.17, 15) is 0 Å². The lowest BCUT2D eigenvalue weighted by Crippen LogP contribution is -1.92. The van der Waals surface area contributed by atoms with Gasteiger partial charge in [-0.1, -0.05) is 102 Å². The molecule has 0 bridgehead atoms. The molecule has 0 unspecified atom stereocenters. The Labute approximate surface area is 232 Å². The minimum atomic E-state index is 1.01. The standard InChI is InChI=1S/C35H20N2S2/c1-2-10-22-19-23(18-17-21(22)9-1)27-20-31-33(32-26-13-5-8-16-30(26)38-34(27)32)36-35(39-31)37-28-14-6-3-11-24(28)25-12-4-7-15-29(25)37/h1-20H. The van der Waals surface area contributed by atoms with E-state index in [-0.39, 0.29) is 0 Å². The average molecular weight is 533 g/mol. The first kappa shape index (κ1) is 21.4. The van der Waals surface area contributed by atoms with Crippen molar-refractivity contribution < 1.29 is 0 Å². The summed E-state index contributed by atoms with van der Waals surface area (Å²) in [5.41, 5.74) is 6.01. The third-order valence-corrected chi connectivity index (χ3v) is 10.0. The Balaban J connectivity index is 1.40. The Hall–Kier alpha value is -4.51. The minimum absolute atomic E-state index is 1.01. The second-order valence-corrected chi connectivity index (χ2v) is 12.1. The van der Waals surface area contributed by atoms with Crippen LogP contribution in [0.1, 0.15) is 0 Å². The predicted octanol–water partition coefficient (Wildman–Crippen LogP) is 10.6. The normalized spacial score (nSPS) is 12.1. The molecule has 0 spiro atoms. The number of thiophene rings is 1. The topological polar surface area (TPSA) is 17.8 Å². The van der Waals surface area contributed by atoms with Crippen LogP contribution < -0.4 is 0 Å². The van der Waals surface area contributed by atoms with E-state index >= 15 is 0 Å². The third kappa shape index (κ3) is 3.04. The van der Waals surface area contributed by atoms with E-state index in [0.29, 0.717) is 0 Å². The molecule has 9 rings (SSSR count). The highest BCUT2D eigenvalue weighted by Crippen LogP contribution is 2.46. The van der Waals surface area contributed by atoms with Crippen LogP contribution in [0.15, 0.2) is 121 Å². The van der Waals surface area contributed by atoms with Crippen molar-refractivity contribution in [2.45, 2.75) is 0 Å². The Bertz CT molecular complexity index is 2350. The van der Waals surface area contributed by atoms with E-state index in [1.165, 1.54) is 68.6 Å². The number of thiazole rings is 1. The maximum atomic E-state index is 5.38. The van der Waals surface area contributed by atoms with Crippen molar-refractivity contribution in [1.29, 1.82) is 0 Å². The molecule has 2 nitrogen and oxygen atoms in total. The smallest absolute Gasteiger partial charge is 0.195 e. The highest BCUT2D eigenvalue weighted by atomic mass is 32.1. The molecule has 0 aliphatic rings. The molecule has 3 heterocycles. The van der Waals surface area contributed by atoms with Crippen LogP contribution in [0.4, 0.5) is 0 Å². The van der Waals surface area contributed by atoms with Gasteiger partial charge in [0.15, 0.2) is 5.13 Å².